The maximum absolute atomic E-state index is 12.3. The maximum Gasteiger partial charge on any atom is 0.490 e. The Labute approximate surface area is 181 Å². The van der Waals surface area contributed by atoms with Crippen LogP contribution in [0.25, 0.3) is 0 Å². The first-order chi connectivity index (χ1) is 15.1. The van der Waals surface area contributed by atoms with Crippen LogP contribution in [0.1, 0.15) is 30.1 Å². The second-order valence-electron chi connectivity index (χ2n) is 7.71. The van der Waals surface area contributed by atoms with E-state index < -0.39 is 12.1 Å². The van der Waals surface area contributed by atoms with Gasteiger partial charge in [-0.25, -0.2) is 4.79 Å². The van der Waals surface area contributed by atoms with E-state index in [0.717, 1.165) is 49.7 Å². The highest BCUT2D eigenvalue weighted by molar-refractivity contribution is 5.81. The number of piperidine rings is 1. The van der Waals surface area contributed by atoms with E-state index in [2.05, 4.69) is 15.4 Å². The number of carbonyl (C=O) groups excluding carboxylic acids is 1. The van der Waals surface area contributed by atoms with Gasteiger partial charge in [0.05, 0.1) is 24.6 Å². The SMILES string of the molecule is Cc1cc(CN2CC[C@H]3C[C@H](C(=O)NCc4ccco4)O[C@@H]3C2)no1.O=C(O)C(F)(F)F. The third kappa shape index (κ3) is 6.57. The normalized spacial score (nSPS) is 23.2. The highest BCUT2D eigenvalue weighted by Gasteiger charge is 2.42. The molecular formula is C20H24F3N3O6. The number of carboxylic acid groups (broad SMARTS) is 1. The van der Waals surface area contributed by atoms with Crippen LogP contribution in [-0.4, -0.2) is 58.5 Å². The molecule has 0 aromatic carbocycles. The number of carbonyl (C=O) groups is 2. The average molecular weight is 459 g/mol. The summed E-state index contributed by atoms with van der Waals surface area (Å²) in [5.41, 5.74) is 0.946. The van der Waals surface area contributed by atoms with E-state index in [4.69, 9.17) is 23.6 Å². The minimum Gasteiger partial charge on any atom is -0.475 e. The first-order valence-corrected chi connectivity index (χ1v) is 10.0. The summed E-state index contributed by atoms with van der Waals surface area (Å²) in [4.78, 5) is 23.6. The Hall–Kier alpha value is -2.86. The third-order valence-corrected chi connectivity index (χ3v) is 5.25. The van der Waals surface area contributed by atoms with Crippen molar-refractivity contribution in [3.8, 4) is 0 Å². The van der Waals surface area contributed by atoms with Gasteiger partial charge >= 0.3 is 12.1 Å². The molecule has 32 heavy (non-hydrogen) atoms. The second kappa shape index (κ2) is 10.2. The lowest BCUT2D eigenvalue weighted by Gasteiger charge is -2.33. The lowest BCUT2D eigenvalue weighted by atomic mass is 9.91. The van der Waals surface area contributed by atoms with Gasteiger partial charge in [-0.05, 0) is 44.4 Å². The molecule has 9 nitrogen and oxygen atoms in total. The molecule has 2 N–H and O–H groups in total. The molecule has 2 aliphatic heterocycles. The summed E-state index contributed by atoms with van der Waals surface area (Å²) in [6.45, 7) is 4.89. The zero-order chi connectivity index (χ0) is 23.3. The molecule has 0 radical (unpaired) electrons. The molecule has 2 aromatic heterocycles. The summed E-state index contributed by atoms with van der Waals surface area (Å²) in [6, 6.07) is 5.62. The standard InChI is InChI=1S/C18H23N3O4.C2HF3O2/c1-12-7-14(20-25-12)10-21-5-4-13-8-16(24-17(13)11-21)18(22)19-9-15-3-2-6-23-15;3-2(4,5)1(6)7/h2-3,6-7,13,16-17H,4-5,8-11H2,1H3,(H,19,22);(H,6,7)/t13-,16+,17+;/m0./s1. The molecule has 3 atom stereocenters. The van der Waals surface area contributed by atoms with Crippen molar-refractivity contribution < 1.29 is 41.5 Å². The molecule has 1 amide bonds. The number of halogens is 3. The number of aromatic nitrogens is 1. The Morgan fingerprint density at radius 2 is 2.12 bits per heavy atom. The minimum atomic E-state index is -5.08. The highest BCUT2D eigenvalue weighted by Crippen LogP contribution is 2.33. The number of aryl methyl sites for hydroxylation is 1. The number of hydrogen-bond donors (Lipinski definition) is 2. The number of likely N-dealkylation sites (tertiary alicyclic amines) is 1. The quantitative estimate of drug-likeness (QED) is 0.700. The van der Waals surface area contributed by atoms with Gasteiger partial charge in [-0.1, -0.05) is 5.16 Å². The van der Waals surface area contributed by atoms with Crippen molar-refractivity contribution in [2.24, 2.45) is 5.92 Å². The summed E-state index contributed by atoms with van der Waals surface area (Å²) in [5, 5.41) is 14.1. The van der Waals surface area contributed by atoms with Crippen molar-refractivity contribution in [1.29, 1.82) is 0 Å². The van der Waals surface area contributed by atoms with Crippen LogP contribution in [0.3, 0.4) is 0 Å². The predicted molar refractivity (Wildman–Crippen MR) is 102 cm³/mol. The van der Waals surface area contributed by atoms with Crippen LogP contribution in [-0.2, 0) is 27.4 Å². The molecule has 0 bridgehead atoms. The Bertz CT molecular complexity index is 899. The third-order valence-electron chi connectivity index (χ3n) is 5.25. The van der Waals surface area contributed by atoms with Crippen molar-refractivity contribution in [3.05, 3.63) is 41.7 Å². The highest BCUT2D eigenvalue weighted by atomic mass is 19.4. The van der Waals surface area contributed by atoms with Crippen molar-refractivity contribution in [2.75, 3.05) is 13.1 Å². The summed E-state index contributed by atoms with van der Waals surface area (Å²) < 4.78 is 48.1. The maximum atomic E-state index is 12.3. The van der Waals surface area contributed by atoms with Gasteiger partial charge in [-0.15, -0.1) is 0 Å². The summed E-state index contributed by atoms with van der Waals surface area (Å²) in [5.74, 6) is -0.778. The van der Waals surface area contributed by atoms with Gasteiger partial charge in [0.2, 0.25) is 5.91 Å². The molecule has 0 spiro atoms. The fourth-order valence-corrected chi connectivity index (χ4v) is 3.73. The van der Waals surface area contributed by atoms with Gasteiger partial charge in [0.1, 0.15) is 17.6 Å². The van der Waals surface area contributed by atoms with E-state index in [0.29, 0.717) is 12.5 Å². The van der Waals surface area contributed by atoms with Crippen LogP contribution >= 0.6 is 0 Å². The number of aliphatic carboxylic acids is 1. The molecule has 0 aliphatic carbocycles. The molecule has 2 aromatic rings. The van der Waals surface area contributed by atoms with Gasteiger partial charge in [-0.2, -0.15) is 13.2 Å². The topological polar surface area (TPSA) is 118 Å². The minimum absolute atomic E-state index is 0.0514. The van der Waals surface area contributed by atoms with Crippen LogP contribution < -0.4 is 5.32 Å². The summed E-state index contributed by atoms with van der Waals surface area (Å²) in [7, 11) is 0. The Kier molecular flexibility index (Phi) is 7.56. The number of rotatable bonds is 5. The second-order valence-corrected chi connectivity index (χ2v) is 7.71. The van der Waals surface area contributed by atoms with Crippen molar-refractivity contribution in [1.82, 2.24) is 15.4 Å². The Balaban J connectivity index is 0.000000360. The number of ether oxygens (including phenoxy) is 1. The van der Waals surface area contributed by atoms with Gasteiger partial charge < -0.3 is 24.1 Å². The van der Waals surface area contributed by atoms with E-state index in [1.54, 1.807) is 6.26 Å². The monoisotopic (exact) mass is 459 g/mol. The first kappa shape index (κ1) is 23.8. The van der Waals surface area contributed by atoms with Crippen LogP contribution in [0, 0.1) is 12.8 Å². The van der Waals surface area contributed by atoms with Crippen molar-refractivity contribution >= 4 is 11.9 Å². The zero-order valence-corrected chi connectivity index (χ0v) is 17.3. The first-order valence-electron chi connectivity index (χ1n) is 10.0. The fraction of sp³-hybridized carbons (Fsp3) is 0.550. The van der Waals surface area contributed by atoms with Gasteiger partial charge in [0.25, 0.3) is 0 Å². The van der Waals surface area contributed by atoms with Gasteiger partial charge in [0.15, 0.2) is 0 Å². The van der Waals surface area contributed by atoms with Crippen LogP contribution in [0.4, 0.5) is 13.2 Å². The van der Waals surface area contributed by atoms with Crippen LogP contribution in [0.5, 0.6) is 0 Å². The lowest BCUT2D eigenvalue weighted by molar-refractivity contribution is -0.192. The number of hydrogen-bond acceptors (Lipinski definition) is 7. The van der Waals surface area contributed by atoms with Crippen LogP contribution in [0.15, 0.2) is 33.4 Å². The van der Waals surface area contributed by atoms with E-state index in [1.807, 2.05) is 25.1 Å². The molecule has 2 aliphatic rings. The van der Waals surface area contributed by atoms with Gasteiger partial charge in [-0.3, -0.25) is 9.69 Å². The lowest BCUT2D eigenvalue weighted by Crippen LogP contribution is -2.42. The average Bonchev–Trinajstić information content (AvgIpc) is 3.46. The van der Waals surface area contributed by atoms with E-state index >= 15 is 0 Å². The molecule has 0 saturated carbocycles. The Morgan fingerprint density at radius 3 is 2.72 bits per heavy atom. The molecule has 0 unspecified atom stereocenters. The molecule has 2 saturated heterocycles. The van der Waals surface area contributed by atoms with E-state index in [1.165, 1.54) is 0 Å². The fourth-order valence-electron chi connectivity index (χ4n) is 3.73. The molecule has 4 heterocycles. The number of nitrogens with zero attached hydrogens (tertiary/aromatic N) is 2. The van der Waals surface area contributed by atoms with E-state index in [9.17, 15) is 18.0 Å². The van der Waals surface area contributed by atoms with Gasteiger partial charge in [0, 0.05) is 19.2 Å². The number of furan rings is 1. The molecule has 4 rings (SSSR count). The molecule has 12 heteroatoms. The Morgan fingerprint density at radius 1 is 1.38 bits per heavy atom. The van der Waals surface area contributed by atoms with Crippen molar-refractivity contribution in [3.63, 3.8) is 0 Å². The van der Waals surface area contributed by atoms with E-state index in [-0.39, 0.29) is 18.1 Å². The molecule has 176 valence electrons. The summed E-state index contributed by atoms with van der Waals surface area (Å²) in [6.07, 6.45) is -1.89. The zero-order valence-electron chi connectivity index (χ0n) is 17.3. The molecule has 2 fully saturated rings. The number of amides is 1. The summed E-state index contributed by atoms with van der Waals surface area (Å²) >= 11 is 0. The largest absolute Gasteiger partial charge is 0.490 e. The van der Waals surface area contributed by atoms with Crippen LogP contribution in [0.2, 0.25) is 0 Å². The number of fused-ring (bicyclic) bond motifs is 1. The van der Waals surface area contributed by atoms with Crippen molar-refractivity contribution in [2.45, 2.75) is 51.2 Å². The molecular weight excluding hydrogens is 435 g/mol. The number of nitrogens with one attached hydrogen (secondary N) is 1. The smallest absolute Gasteiger partial charge is 0.475 e. The predicted octanol–water partition coefficient (Wildman–Crippen LogP) is 2.51. The number of carboxylic acids is 1. The number of alkyl halides is 3.